The molecule has 0 aliphatic rings. The van der Waals surface area contributed by atoms with Gasteiger partial charge in [0.1, 0.15) is 0 Å². The highest BCUT2D eigenvalue weighted by Crippen LogP contribution is 1.85. The van der Waals surface area contributed by atoms with Gasteiger partial charge in [-0.1, -0.05) is 0 Å². The van der Waals surface area contributed by atoms with Gasteiger partial charge in [0.05, 0.1) is 0 Å². The van der Waals surface area contributed by atoms with Crippen LogP contribution < -0.4 is 14.8 Å². The fourth-order valence-electron chi connectivity index (χ4n) is 0.793. The molecule has 0 aliphatic heterocycles. The van der Waals surface area contributed by atoms with Crippen molar-refractivity contribution in [1.82, 2.24) is 14.8 Å². The molecule has 0 aliphatic carbocycles. The summed E-state index contributed by atoms with van der Waals surface area (Å²) in [5.74, 6) is -0.0687. The largest absolute Gasteiger partial charge is 0.356 e. The maximum Gasteiger partial charge on any atom is 0.276 e. The van der Waals surface area contributed by atoms with Gasteiger partial charge in [-0.05, 0) is 12.8 Å². The summed E-state index contributed by atoms with van der Waals surface area (Å²) in [7, 11) is -1.96. The quantitative estimate of drug-likeness (QED) is 0.482. The van der Waals surface area contributed by atoms with Crippen molar-refractivity contribution in [3.63, 3.8) is 0 Å². The van der Waals surface area contributed by atoms with Crippen LogP contribution in [-0.2, 0) is 15.0 Å². The van der Waals surface area contributed by atoms with Crippen molar-refractivity contribution >= 4 is 16.1 Å². The van der Waals surface area contributed by atoms with Gasteiger partial charge in [0, 0.05) is 27.1 Å². The summed E-state index contributed by atoms with van der Waals surface area (Å²) in [6.45, 7) is 2.41. The second-order valence-corrected chi connectivity index (χ2v) is 4.50. The molecule has 0 aromatic heterocycles. The van der Waals surface area contributed by atoms with E-state index in [1.165, 1.54) is 14.0 Å². The predicted octanol–water partition coefficient (Wildman–Crippen LogP) is -1.04. The maximum absolute atomic E-state index is 10.8. The molecule has 84 valence electrons. The molecule has 0 atom stereocenters. The van der Waals surface area contributed by atoms with Crippen LogP contribution in [0.3, 0.4) is 0 Å². The highest BCUT2D eigenvalue weighted by Gasteiger charge is 2.03. The summed E-state index contributed by atoms with van der Waals surface area (Å²) in [5.41, 5.74) is 0. The Morgan fingerprint density at radius 2 is 1.79 bits per heavy atom. The fraction of sp³-hybridized carbons (Fsp3) is 0.857. The van der Waals surface area contributed by atoms with E-state index in [9.17, 15) is 13.2 Å². The van der Waals surface area contributed by atoms with Crippen LogP contribution in [0.2, 0.25) is 0 Å². The van der Waals surface area contributed by atoms with Gasteiger partial charge < -0.3 is 5.32 Å². The highest BCUT2D eigenvalue weighted by molar-refractivity contribution is 7.87. The third-order valence-corrected chi connectivity index (χ3v) is 2.66. The molecule has 0 aromatic rings. The van der Waals surface area contributed by atoms with Gasteiger partial charge >= 0.3 is 0 Å². The van der Waals surface area contributed by atoms with E-state index in [4.69, 9.17) is 0 Å². The Hall–Kier alpha value is -0.660. The van der Waals surface area contributed by atoms with Gasteiger partial charge in [0.2, 0.25) is 5.91 Å². The number of carbonyl (C=O) groups excluding carboxylic acids is 1. The van der Waals surface area contributed by atoms with Crippen molar-refractivity contribution in [2.75, 3.05) is 20.1 Å². The first-order valence-electron chi connectivity index (χ1n) is 4.40. The molecular weight excluding hydrogens is 206 g/mol. The molecule has 0 radical (unpaired) electrons. The maximum atomic E-state index is 10.8. The van der Waals surface area contributed by atoms with Crippen LogP contribution in [0.15, 0.2) is 0 Å². The number of hydrogen-bond donors (Lipinski definition) is 3. The molecule has 14 heavy (non-hydrogen) atoms. The van der Waals surface area contributed by atoms with Gasteiger partial charge in [-0.25, -0.2) is 9.44 Å². The lowest BCUT2D eigenvalue weighted by Crippen LogP contribution is -2.34. The number of rotatable bonds is 7. The minimum atomic E-state index is -3.31. The molecule has 6 nitrogen and oxygen atoms in total. The Morgan fingerprint density at radius 3 is 2.29 bits per heavy atom. The van der Waals surface area contributed by atoms with Gasteiger partial charge in [-0.15, -0.1) is 0 Å². The molecule has 0 rings (SSSR count). The van der Waals surface area contributed by atoms with Crippen molar-refractivity contribution in [3.05, 3.63) is 0 Å². The Kier molecular flexibility index (Phi) is 6.43. The normalized spacial score (nSPS) is 11.3. The van der Waals surface area contributed by atoms with Crippen molar-refractivity contribution in [2.45, 2.75) is 19.8 Å². The first-order valence-corrected chi connectivity index (χ1v) is 5.89. The van der Waals surface area contributed by atoms with E-state index in [0.29, 0.717) is 19.5 Å². The molecule has 7 heteroatoms. The second kappa shape index (κ2) is 6.74. The van der Waals surface area contributed by atoms with E-state index < -0.39 is 10.2 Å². The van der Waals surface area contributed by atoms with Crippen molar-refractivity contribution < 1.29 is 13.2 Å². The average molecular weight is 223 g/mol. The topological polar surface area (TPSA) is 87.3 Å². The SMILES string of the molecule is CNS(=O)(=O)NCCCCNC(C)=O. The van der Waals surface area contributed by atoms with Gasteiger partial charge in [-0.2, -0.15) is 8.42 Å². The van der Waals surface area contributed by atoms with Crippen LogP contribution in [0.5, 0.6) is 0 Å². The number of hydrogen-bond acceptors (Lipinski definition) is 3. The summed E-state index contributed by atoms with van der Waals surface area (Å²) >= 11 is 0. The molecule has 3 N–H and O–H groups in total. The standard InChI is InChI=1S/C7H17N3O3S/c1-7(11)9-5-3-4-6-10-14(12,13)8-2/h8,10H,3-6H2,1-2H3,(H,9,11). The van der Waals surface area contributed by atoms with Crippen LogP contribution >= 0.6 is 0 Å². The molecule has 0 heterocycles. The van der Waals surface area contributed by atoms with E-state index in [-0.39, 0.29) is 5.91 Å². The van der Waals surface area contributed by atoms with E-state index >= 15 is 0 Å². The Morgan fingerprint density at radius 1 is 1.21 bits per heavy atom. The predicted molar refractivity (Wildman–Crippen MR) is 53.9 cm³/mol. The molecule has 1 amide bonds. The lowest BCUT2D eigenvalue weighted by atomic mass is 10.3. The number of nitrogens with one attached hydrogen (secondary N) is 3. The third kappa shape index (κ3) is 7.96. The summed E-state index contributed by atoms with van der Waals surface area (Å²) in [6.07, 6.45) is 1.45. The number of carbonyl (C=O) groups is 1. The average Bonchev–Trinajstić information content (AvgIpc) is 2.10. The second-order valence-electron chi connectivity index (χ2n) is 2.79. The monoisotopic (exact) mass is 223 g/mol. The van der Waals surface area contributed by atoms with E-state index in [2.05, 4.69) is 14.8 Å². The Bertz CT molecular complexity index is 263. The minimum Gasteiger partial charge on any atom is -0.356 e. The number of unbranched alkanes of at least 4 members (excludes halogenated alkanes) is 1. The Labute approximate surface area is 84.6 Å². The summed E-state index contributed by atoms with van der Waals surface area (Å²) < 4.78 is 26.2. The van der Waals surface area contributed by atoms with E-state index in [1.54, 1.807) is 0 Å². The van der Waals surface area contributed by atoms with Gasteiger partial charge in [0.15, 0.2) is 0 Å². The molecule has 0 aromatic carbocycles. The molecule has 0 spiro atoms. The van der Waals surface area contributed by atoms with Crippen LogP contribution in [-0.4, -0.2) is 34.5 Å². The summed E-state index contributed by atoms with van der Waals surface area (Å²) in [5, 5.41) is 2.63. The van der Waals surface area contributed by atoms with Crippen LogP contribution in [0, 0.1) is 0 Å². The van der Waals surface area contributed by atoms with Crippen molar-refractivity contribution in [1.29, 1.82) is 0 Å². The lowest BCUT2D eigenvalue weighted by Gasteiger charge is -2.04. The molecular formula is C7H17N3O3S. The summed E-state index contributed by atoms with van der Waals surface area (Å²) in [6, 6.07) is 0. The highest BCUT2D eigenvalue weighted by atomic mass is 32.2. The zero-order valence-corrected chi connectivity index (χ0v) is 9.28. The molecule has 0 fully saturated rings. The van der Waals surface area contributed by atoms with Gasteiger partial charge in [-0.3, -0.25) is 4.79 Å². The van der Waals surface area contributed by atoms with Crippen LogP contribution in [0.4, 0.5) is 0 Å². The summed E-state index contributed by atoms with van der Waals surface area (Å²) in [4.78, 5) is 10.4. The molecule has 0 bridgehead atoms. The van der Waals surface area contributed by atoms with Crippen LogP contribution in [0.25, 0.3) is 0 Å². The van der Waals surface area contributed by atoms with Crippen molar-refractivity contribution in [2.24, 2.45) is 0 Å². The van der Waals surface area contributed by atoms with Crippen LogP contribution in [0.1, 0.15) is 19.8 Å². The zero-order valence-electron chi connectivity index (χ0n) is 8.46. The first-order chi connectivity index (χ1) is 6.48. The Balaban J connectivity index is 3.35. The third-order valence-electron chi connectivity index (χ3n) is 1.54. The van der Waals surface area contributed by atoms with Crippen molar-refractivity contribution in [3.8, 4) is 0 Å². The molecule has 0 unspecified atom stereocenters. The smallest absolute Gasteiger partial charge is 0.276 e. The van der Waals surface area contributed by atoms with Gasteiger partial charge in [0.25, 0.3) is 10.2 Å². The zero-order chi connectivity index (χ0) is 11.0. The molecule has 0 saturated heterocycles. The van der Waals surface area contributed by atoms with E-state index in [0.717, 1.165) is 6.42 Å². The fourth-order valence-corrected chi connectivity index (χ4v) is 1.35. The number of amides is 1. The molecule has 0 saturated carbocycles. The minimum absolute atomic E-state index is 0.0687. The lowest BCUT2D eigenvalue weighted by molar-refractivity contribution is -0.118. The first kappa shape index (κ1) is 13.3. The van der Waals surface area contributed by atoms with E-state index in [1.807, 2.05) is 0 Å².